The van der Waals surface area contributed by atoms with Gasteiger partial charge in [0.2, 0.25) is 0 Å². The fourth-order valence-corrected chi connectivity index (χ4v) is 1.51. The zero-order chi connectivity index (χ0) is 13.7. The van der Waals surface area contributed by atoms with Gasteiger partial charge in [0.25, 0.3) is 5.91 Å². The molecule has 0 bridgehead atoms. The molecule has 0 unspecified atom stereocenters. The van der Waals surface area contributed by atoms with E-state index >= 15 is 0 Å². The molecule has 0 aliphatic heterocycles. The van der Waals surface area contributed by atoms with Gasteiger partial charge in [-0.05, 0) is 30.3 Å². The third-order valence-electron chi connectivity index (χ3n) is 2.28. The fraction of sp³-hybridized carbons (Fsp3) is 0.0714. The van der Waals surface area contributed by atoms with Crippen molar-refractivity contribution in [1.82, 2.24) is 4.98 Å². The van der Waals surface area contributed by atoms with Gasteiger partial charge in [0.1, 0.15) is 5.75 Å². The summed E-state index contributed by atoms with van der Waals surface area (Å²) in [7, 11) is 0. The van der Waals surface area contributed by atoms with Crippen LogP contribution in [0.25, 0.3) is 0 Å². The van der Waals surface area contributed by atoms with Crippen molar-refractivity contribution in [2.24, 2.45) is 0 Å². The van der Waals surface area contributed by atoms with E-state index in [0.29, 0.717) is 17.0 Å². The number of nitrogens with zero attached hydrogens (tertiary/aromatic N) is 1. The van der Waals surface area contributed by atoms with Crippen LogP contribution in [0.1, 0.15) is 17.3 Å². The molecule has 0 aliphatic rings. The molecule has 2 rings (SSSR count). The van der Waals surface area contributed by atoms with Crippen LogP contribution >= 0.6 is 0 Å². The van der Waals surface area contributed by atoms with Crippen molar-refractivity contribution in [2.75, 3.05) is 5.32 Å². The van der Waals surface area contributed by atoms with Gasteiger partial charge < -0.3 is 10.1 Å². The van der Waals surface area contributed by atoms with Crippen LogP contribution < -0.4 is 10.1 Å². The Morgan fingerprint density at radius 1 is 1.21 bits per heavy atom. The summed E-state index contributed by atoms with van der Waals surface area (Å²) in [6, 6.07) is 9.87. The first kappa shape index (κ1) is 12.8. The quantitative estimate of drug-likeness (QED) is 0.675. The Kier molecular flexibility index (Phi) is 3.87. The van der Waals surface area contributed by atoms with E-state index < -0.39 is 5.97 Å². The number of hydrogen-bond acceptors (Lipinski definition) is 4. The van der Waals surface area contributed by atoms with E-state index in [1.165, 1.54) is 13.0 Å². The summed E-state index contributed by atoms with van der Waals surface area (Å²) >= 11 is 0. The number of carbonyl (C=O) groups is 2. The molecule has 0 saturated carbocycles. The summed E-state index contributed by atoms with van der Waals surface area (Å²) in [5.74, 6) is -0.377. The predicted octanol–water partition coefficient (Wildman–Crippen LogP) is 2.26. The van der Waals surface area contributed by atoms with Gasteiger partial charge in [0.15, 0.2) is 0 Å². The summed E-state index contributed by atoms with van der Waals surface area (Å²) < 4.78 is 4.92. The molecule has 5 heteroatoms. The molecule has 0 fully saturated rings. The van der Waals surface area contributed by atoms with E-state index in [0.717, 1.165) is 0 Å². The molecule has 1 N–H and O–H groups in total. The van der Waals surface area contributed by atoms with Gasteiger partial charge >= 0.3 is 5.97 Å². The van der Waals surface area contributed by atoms with Crippen molar-refractivity contribution in [2.45, 2.75) is 6.92 Å². The lowest BCUT2D eigenvalue weighted by molar-refractivity contribution is -0.131. The minimum Gasteiger partial charge on any atom is -0.427 e. The number of pyridine rings is 1. The van der Waals surface area contributed by atoms with Crippen molar-refractivity contribution in [3.8, 4) is 5.75 Å². The number of anilines is 1. The summed E-state index contributed by atoms with van der Waals surface area (Å²) in [5, 5.41) is 2.70. The number of aromatic nitrogens is 1. The van der Waals surface area contributed by atoms with Crippen LogP contribution in [-0.4, -0.2) is 16.9 Å². The van der Waals surface area contributed by atoms with Gasteiger partial charge in [0, 0.05) is 18.7 Å². The van der Waals surface area contributed by atoms with E-state index in [9.17, 15) is 9.59 Å². The molecule has 2 aromatic rings. The first-order valence-corrected chi connectivity index (χ1v) is 5.65. The zero-order valence-corrected chi connectivity index (χ0v) is 10.3. The average molecular weight is 256 g/mol. The lowest BCUT2D eigenvalue weighted by Gasteiger charge is -2.06. The number of esters is 1. The number of nitrogens with one attached hydrogen (secondary N) is 1. The predicted molar refractivity (Wildman–Crippen MR) is 69.9 cm³/mol. The molecular formula is C14H12N2O3. The van der Waals surface area contributed by atoms with Gasteiger partial charge in [-0.25, -0.2) is 0 Å². The highest BCUT2D eigenvalue weighted by atomic mass is 16.5. The summed E-state index contributed by atoms with van der Waals surface area (Å²) in [6.07, 6.45) is 3.17. The molecule has 5 nitrogen and oxygen atoms in total. The molecule has 0 saturated heterocycles. The van der Waals surface area contributed by atoms with E-state index in [4.69, 9.17) is 4.74 Å². The van der Waals surface area contributed by atoms with Crippen molar-refractivity contribution < 1.29 is 14.3 Å². The SMILES string of the molecule is CC(=O)Oc1cccc(C(=O)Nc2cccnc2)c1. The lowest BCUT2D eigenvalue weighted by Crippen LogP contribution is -2.12. The van der Waals surface area contributed by atoms with Crippen molar-refractivity contribution in [3.05, 3.63) is 54.4 Å². The van der Waals surface area contributed by atoms with Crippen LogP contribution in [0.2, 0.25) is 0 Å². The van der Waals surface area contributed by atoms with Gasteiger partial charge in [-0.3, -0.25) is 14.6 Å². The molecule has 0 spiro atoms. The fourth-order valence-electron chi connectivity index (χ4n) is 1.51. The Morgan fingerprint density at radius 2 is 2.05 bits per heavy atom. The van der Waals surface area contributed by atoms with E-state index in [2.05, 4.69) is 10.3 Å². The van der Waals surface area contributed by atoms with E-state index in [1.54, 1.807) is 42.7 Å². The molecule has 1 aromatic heterocycles. The lowest BCUT2D eigenvalue weighted by atomic mass is 10.2. The maximum Gasteiger partial charge on any atom is 0.308 e. The van der Waals surface area contributed by atoms with Crippen molar-refractivity contribution >= 4 is 17.6 Å². The normalized spacial score (nSPS) is 9.74. The van der Waals surface area contributed by atoms with Gasteiger partial charge in [0.05, 0.1) is 11.9 Å². The van der Waals surface area contributed by atoms with Crippen LogP contribution in [0.4, 0.5) is 5.69 Å². The Labute approximate surface area is 110 Å². The smallest absolute Gasteiger partial charge is 0.308 e. The first-order chi connectivity index (χ1) is 9.15. The molecule has 0 atom stereocenters. The summed E-state index contributed by atoms with van der Waals surface area (Å²) in [6.45, 7) is 1.31. The molecule has 19 heavy (non-hydrogen) atoms. The number of benzene rings is 1. The second-order valence-corrected chi connectivity index (χ2v) is 3.82. The minimum atomic E-state index is -0.426. The minimum absolute atomic E-state index is 0.290. The Balaban J connectivity index is 2.13. The van der Waals surface area contributed by atoms with E-state index in [-0.39, 0.29) is 5.91 Å². The second-order valence-electron chi connectivity index (χ2n) is 3.82. The highest BCUT2D eigenvalue weighted by Gasteiger charge is 2.08. The number of hydrogen-bond donors (Lipinski definition) is 1. The summed E-state index contributed by atoms with van der Waals surface area (Å²) in [4.78, 5) is 26.7. The standard InChI is InChI=1S/C14H12N2O3/c1-10(17)19-13-6-2-4-11(8-13)14(18)16-12-5-3-7-15-9-12/h2-9H,1H3,(H,16,18). The van der Waals surface area contributed by atoms with Crippen molar-refractivity contribution in [3.63, 3.8) is 0 Å². The van der Waals surface area contributed by atoms with E-state index in [1.807, 2.05) is 0 Å². The summed E-state index contributed by atoms with van der Waals surface area (Å²) in [5.41, 5.74) is 1.01. The molecule has 1 heterocycles. The average Bonchev–Trinajstić information content (AvgIpc) is 2.39. The second kappa shape index (κ2) is 5.77. The number of ether oxygens (including phenoxy) is 1. The van der Waals surface area contributed by atoms with Crippen LogP contribution in [0.5, 0.6) is 5.75 Å². The molecular weight excluding hydrogens is 244 g/mol. The van der Waals surface area contributed by atoms with Crippen LogP contribution in [0, 0.1) is 0 Å². The van der Waals surface area contributed by atoms with Crippen molar-refractivity contribution in [1.29, 1.82) is 0 Å². The van der Waals surface area contributed by atoms with Crippen LogP contribution in [-0.2, 0) is 4.79 Å². The number of amides is 1. The maximum atomic E-state index is 12.0. The highest BCUT2D eigenvalue weighted by molar-refractivity contribution is 6.04. The molecule has 1 amide bonds. The Bertz CT molecular complexity index is 597. The number of rotatable bonds is 3. The van der Waals surface area contributed by atoms with Crippen LogP contribution in [0.3, 0.4) is 0 Å². The third-order valence-corrected chi connectivity index (χ3v) is 2.28. The largest absolute Gasteiger partial charge is 0.427 e. The van der Waals surface area contributed by atoms with Crippen LogP contribution in [0.15, 0.2) is 48.8 Å². The first-order valence-electron chi connectivity index (χ1n) is 5.65. The number of carbonyl (C=O) groups excluding carboxylic acids is 2. The molecule has 96 valence electrons. The Hall–Kier alpha value is -2.69. The van der Waals surface area contributed by atoms with Gasteiger partial charge in [-0.15, -0.1) is 0 Å². The highest BCUT2D eigenvalue weighted by Crippen LogP contribution is 2.15. The van der Waals surface area contributed by atoms with Gasteiger partial charge in [-0.1, -0.05) is 6.07 Å². The van der Waals surface area contributed by atoms with Gasteiger partial charge in [-0.2, -0.15) is 0 Å². The molecule has 0 aliphatic carbocycles. The molecule has 1 aromatic carbocycles. The topological polar surface area (TPSA) is 68.3 Å². The monoisotopic (exact) mass is 256 g/mol. The molecule has 0 radical (unpaired) electrons. The maximum absolute atomic E-state index is 12.0. The Morgan fingerprint density at radius 3 is 2.74 bits per heavy atom. The zero-order valence-electron chi connectivity index (χ0n) is 10.3. The third kappa shape index (κ3) is 3.64.